The third-order valence-electron chi connectivity index (χ3n) is 6.82. The van der Waals surface area contributed by atoms with Crippen molar-refractivity contribution in [3.8, 4) is 11.1 Å². The number of alkyl carbamates (subject to hydrolysis) is 1. The summed E-state index contributed by atoms with van der Waals surface area (Å²) in [5.41, 5.74) is 4.36. The summed E-state index contributed by atoms with van der Waals surface area (Å²) in [7, 11) is 4.02. The Morgan fingerprint density at radius 2 is 1.66 bits per heavy atom. The van der Waals surface area contributed by atoms with Crippen LogP contribution in [0.2, 0.25) is 0 Å². The quantitative estimate of drug-likeness (QED) is 0.528. The topological polar surface area (TPSA) is 111 Å². The summed E-state index contributed by atoms with van der Waals surface area (Å²) in [6.07, 6.45) is -1.35. The Hall–Kier alpha value is -3.43. The normalized spacial score (nSPS) is 18.9. The van der Waals surface area contributed by atoms with Crippen molar-refractivity contribution < 1.29 is 24.2 Å². The monoisotopic (exact) mass is 480 g/mol. The Balaban J connectivity index is 1.36. The molecule has 35 heavy (non-hydrogen) atoms. The van der Waals surface area contributed by atoms with E-state index in [4.69, 9.17) is 4.74 Å². The first-order valence-corrected chi connectivity index (χ1v) is 11.8. The van der Waals surface area contributed by atoms with Crippen LogP contribution in [0.25, 0.3) is 11.1 Å². The Morgan fingerprint density at radius 3 is 2.29 bits per heavy atom. The smallest absolute Gasteiger partial charge is 0.407 e. The molecule has 1 aliphatic carbocycles. The van der Waals surface area contributed by atoms with Crippen LogP contribution in [0.1, 0.15) is 23.5 Å². The number of hydrogen-bond acceptors (Lipinski definition) is 6. The van der Waals surface area contributed by atoms with Gasteiger partial charge in [0.15, 0.2) is 0 Å². The molecule has 2 aromatic carbocycles. The van der Waals surface area contributed by atoms with Crippen LogP contribution in [-0.2, 0) is 14.3 Å². The van der Waals surface area contributed by atoms with Crippen molar-refractivity contribution in [2.75, 3.05) is 46.9 Å². The van der Waals surface area contributed by atoms with Gasteiger partial charge in [0.25, 0.3) is 0 Å². The predicted octanol–water partition coefficient (Wildman–Crippen LogP) is 1.73. The number of nitrogens with one attached hydrogen (secondary N) is 2. The van der Waals surface area contributed by atoms with E-state index in [9.17, 15) is 19.5 Å². The number of rotatable bonds is 8. The van der Waals surface area contributed by atoms with Crippen LogP contribution in [0.5, 0.6) is 0 Å². The molecule has 1 aliphatic heterocycles. The van der Waals surface area contributed by atoms with E-state index in [2.05, 4.69) is 20.4 Å². The first kappa shape index (κ1) is 24.7. The van der Waals surface area contributed by atoms with Gasteiger partial charge < -0.3 is 25.4 Å². The van der Waals surface area contributed by atoms with E-state index in [1.165, 1.54) is 0 Å². The third-order valence-corrected chi connectivity index (χ3v) is 6.82. The lowest BCUT2D eigenvalue weighted by molar-refractivity contribution is -0.139. The van der Waals surface area contributed by atoms with Crippen LogP contribution < -0.4 is 10.6 Å². The average molecular weight is 481 g/mol. The second-order valence-electron chi connectivity index (χ2n) is 9.26. The van der Waals surface area contributed by atoms with Crippen molar-refractivity contribution >= 4 is 18.0 Å². The van der Waals surface area contributed by atoms with E-state index in [0.29, 0.717) is 6.54 Å². The molecule has 9 heteroatoms. The molecular weight excluding hydrogens is 448 g/mol. The van der Waals surface area contributed by atoms with Crippen LogP contribution >= 0.6 is 0 Å². The van der Waals surface area contributed by atoms with Gasteiger partial charge in [-0.1, -0.05) is 48.5 Å². The molecule has 0 bridgehead atoms. The minimum absolute atomic E-state index is 0.0838. The van der Waals surface area contributed by atoms with E-state index >= 15 is 0 Å². The highest BCUT2D eigenvalue weighted by molar-refractivity contribution is 5.89. The molecule has 2 aromatic rings. The number of carbonyl (C=O) groups is 3. The number of fused-ring (bicyclic) bond motifs is 3. The van der Waals surface area contributed by atoms with Crippen LogP contribution in [0, 0.1) is 0 Å². The van der Waals surface area contributed by atoms with E-state index in [1.54, 1.807) is 0 Å². The number of aliphatic carboxylic acids is 1. The number of carboxylic acid groups (broad SMARTS) is 1. The lowest BCUT2D eigenvalue weighted by Gasteiger charge is -2.37. The zero-order valence-corrected chi connectivity index (χ0v) is 20.1. The van der Waals surface area contributed by atoms with Crippen LogP contribution in [0.3, 0.4) is 0 Å². The van der Waals surface area contributed by atoms with E-state index < -0.39 is 30.4 Å². The standard InChI is InChI=1S/C26H32N4O5/c1-29-11-12-30(2)17(15-29)14-27-25(33)23(13-24(31)32)28-26(34)35-16-22-20-9-5-3-7-18(20)19-8-4-6-10-21(19)22/h3-10,17,22-23H,11-16H2,1-2H3,(H,27,33)(H,28,34)(H,31,32). The number of carboxylic acids is 1. The molecule has 0 radical (unpaired) electrons. The number of nitrogens with zero attached hydrogens (tertiary/aromatic N) is 2. The number of likely N-dealkylation sites (N-methyl/N-ethyl adjacent to an activating group) is 2. The predicted molar refractivity (Wildman–Crippen MR) is 131 cm³/mol. The van der Waals surface area contributed by atoms with Gasteiger partial charge in [0.1, 0.15) is 12.6 Å². The first-order chi connectivity index (χ1) is 16.8. The Morgan fingerprint density at radius 1 is 1.03 bits per heavy atom. The van der Waals surface area contributed by atoms with E-state index in [1.807, 2.05) is 62.6 Å². The van der Waals surface area contributed by atoms with Gasteiger partial charge in [-0.05, 0) is 36.3 Å². The van der Waals surface area contributed by atoms with Gasteiger partial charge in [0.05, 0.1) is 6.42 Å². The molecule has 0 spiro atoms. The fourth-order valence-corrected chi connectivity index (χ4v) is 4.83. The fraction of sp³-hybridized carbons (Fsp3) is 0.423. The zero-order valence-electron chi connectivity index (χ0n) is 20.1. The number of hydrogen-bond donors (Lipinski definition) is 3. The van der Waals surface area contributed by atoms with Crippen molar-refractivity contribution in [3.63, 3.8) is 0 Å². The Kier molecular flexibility index (Phi) is 7.67. The number of piperazine rings is 1. The van der Waals surface area contributed by atoms with Crippen LogP contribution in [0.15, 0.2) is 48.5 Å². The number of benzene rings is 2. The van der Waals surface area contributed by atoms with Gasteiger partial charge in [-0.25, -0.2) is 4.79 Å². The van der Waals surface area contributed by atoms with Gasteiger partial charge in [0.2, 0.25) is 5.91 Å². The van der Waals surface area contributed by atoms with Gasteiger partial charge in [-0.15, -0.1) is 0 Å². The van der Waals surface area contributed by atoms with E-state index in [-0.39, 0.29) is 18.6 Å². The lowest BCUT2D eigenvalue weighted by atomic mass is 9.98. The summed E-state index contributed by atoms with van der Waals surface area (Å²) in [6, 6.07) is 14.9. The largest absolute Gasteiger partial charge is 0.481 e. The van der Waals surface area contributed by atoms with Crippen molar-refractivity contribution in [3.05, 3.63) is 59.7 Å². The molecule has 1 saturated heterocycles. The summed E-state index contributed by atoms with van der Waals surface area (Å²) < 4.78 is 5.49. The van der Waals surface area contributed by atoms with Crippen molar-refractivity contribution in [2.45, 2.75) is 24.4 Å². The maximum Gasteiger partial charge on any atom is 0.407 e. The van der Waals surface area contributed by atoms with Crippen molar-refractivity contribution in [1.82, 2.24) is 20.4 Å². The number of amides is 2. The molecule has 2 unspecified atom stereocenters. The molecule has 9 nitrogen and oxygen atoms in total. The maximum atomic E-state index is 12.8. The number of ether oxygens (including phenoxy) is 1. The van der Waals surface area contributed by atoms with Crippen LogP contribution in [-0.4, -0.2) is 91.8 Å². The average Bonchev–Trinajstić information content (AvgIpc) is 3.16. The van der Waals surface area contributed by atoms with Crippen LogP contribution in [0.4, 0.5) is 4.79 Å². The summed E-state index contributed by atoms with van der Waals surface area (Å²) >= 11 is 0. The summed E-state index contributed by atoms with van der Waals surface area (Å²) in [6.45, 7) is 3.07. The minimum atomic E-state index is -1.23. The number of carbonyl (C=O) groups excluding carboxylic acids is 2. The van der Waals surface area contributed by atoms with E-state index in [0.717, 1.165) is 41.9 Å². The third kappa shape index (κ3) is 5.80. The lowest BCUT2D eigenvalue weighted by Crippen LogP contribution is -2.56. The molecule has 2 atom stereocenters. The van der Waals surface area contributed by atoms with Crippen molar-refractivity contribution in [2.24, 2.45) is 0 Å². The summed E-state index contributed by atoms with van der Waals surface area (Å²) in [5, 5.41) is 14.5. The highest BCUT2D eigenvalue weighted by atomic mass is 16.5. The molecule has 0 saturated carbocycles. The van der Waals surface area contributed by atoms with Gasteiger partial charge in [0, 0.05) is 38.1 Å². The highest BCUT2D eigenvalue weighted by Gasteiger charge is 2.31. The van der Waals surface area contributed by atoms with Gasteiger partial charge in [-0.3, -0.25) is 14.5 Å². The molecule has 2 amide bonds. The highest BCUT2D eigenvalue weighted by Crippen LogP contribution is 2.44. The molecule has 0 aromatic heterocycles. The van der Waals surface area contributed by atoms with Gasteiger partial charge in [-0.2, -0.15) is 0 Å². The Labute approximate surface area is 205 Å². The molecular formula is C26H32N4O5. The first-order valence-electron chi connectivity index (χ1n) is 11.8. The summed E-state index contributed by atoms with van der Waals surface area (Å²) in [4.78, 5) is 41.0. The molecule has 1 fully saturated rings. The second kappa shape index (κ2) is 10.9. The molecule has 186 valence electrons. The molecule has 1 heterocycles. The fourth-order valence-electron chi connectivity index (χ4n) is 4.83. The van der Waals surface area contributed by atoms with Gasteiger partial charge >= 0.3 is 12.1 Å². The summed E-state index contributed by atoms with van der Waals surface area (Å²) in [5.74, 6) is -1.85. The maximum absolute atomic E-state index is 12.8. The molecule has 4 rings (SSSR count). The zero-order chi connectivity index (χ0) is 24.9. The SMILES string of the molecule is CN1CCN(C)C(CNC(=O)C(CC(=O)O)NC(=O)OCC2c3ccccc3-c3ccccc32)C1. The Bertz CT molecular complexity index is 1050. The minimum Gasteiger partial charge on any atom is -0.481 e. The molecule has 3 N–H and O–H groups in total. The molecule has 2 aliphatic rings. The second-order valence-corrected chi connectivity index (χ2v) is 9.26. The van der Waals surface area contributed by atoms with Crippen molar-refractivity contribution in [1.29, 1.82) is 0 Å².